The van der Waals surface area contributed by atoms with Crippen molar-refractivity contribution in [2.75, 3.05) is 23.8 Å². The zero-order valence-corrected chi connectivity index (χ0v) is 22.7. The Morgan fingerprint density at radius 1 is 0.686 bits per heavy atom. The van der Waals surface area contributed by atoms with E-state index in [1.165, 1.54) is 22.7 Å². The average Bonchev–Trinajstić information content (AvgIpc) is 3.46. The molecule has 0 spiro atoms. The van der Waals surface area contributed by atoms with Crippen LogP contribution < -0.4 is 10.6 Å². The molecule has 0 fully saturated rings. The predicted molar refractivity (Wildman–Crippen MR) is 140 cm³/mol. The molecule has 2 N–H and O–H groups in total. The summed E-state index contributed by atoms with van der Waals surface area (Å²) in [4.78, 5) is 52.9. The van der Waals surface area contributed by atoms with Crippen LogP contribution in [0.2, 0.25) is 0 Å². The smallest absolute Gasteiger partial charge is 0.341 e. The van der Waals surface area contributed by atoms with E-state index in [0.717, 1.165) is 32.2 Å². The van der Waals surface area contributed by atoms with E-state index in [9.17, 15) is 19.2 Å². The van der Waals surface area contributed by atoms with E-state index in [1.807, 2.05) is 13.8 Å². The van der Waals surface area contributed by atoms with Crippen molar-refractivity contribution in [1.29, 1.82) is 0 Å². The maximum atomic E-state index is 12.9. The maximum absolute atomic E-state index is 12.9. The first-order chi connectivity index (χ1) is 16.6. The minimum Gasteiger partial charge on any atom is -0.462 e. The quantitative estimate of drug-likeness (QED) is 0.345. The monoisotopic (exact) mass is 534 g/mol. The number of amides is 2. The molecule has 11 heteroatoms. The highest BCUT2D eigenvalue weighted by molar-refractivity contribution is 7.18. The molecule has 0 saturated heterocycles. The molecule has 2 amide bonds. The number of hydrogen-bond acceptors (Lipinski definition) is 9. The zero-order chi connectivity index (χ0) is 25.9. The Balaban J connectivity index is 1.79. The molecule has 3 heterocycles. The molecule has 3 aromatic heterocycles. The van der Waals surface area contributed by atoms with Crippen molar-refractivity contribution in [3.05, 3.63) is 53.9 Å². The highest BCUT2D eigenvalue weighted by Crippen LogP contribution is 2.35. The van der Waals surface area contributed by atoms with Gasteiger partial charge in [-0.3, -0.25) is 9.59 Å². The third kappa shape index (κ3) is 5.63. The van der Waals surface area contributed by atoms with Crippen molar-refractivity contribution in [2.45, 2.75) is 41.5 Å². The first kappa shape index (κ1) is 26.6. The number of rotatable bonds is 8. The largest absolute Gasteiger partial charge is 0.462 e. The Bertz CT molecular complexity index is 1200. The molecule has 0 aliphatic heterocycles. The van der Waals surface area contributed by atoms with Crippen LogP contribution in [0.15, 0.2) is 12.1 Å². The molecule has 35 heavy (non-hydrogen) atoms. The van der Waals surface area contributed by atoms with Crippen LogP contribution in [0.4, 0.5) is 10.0 Å². The fourth-order valence-electron chi connectivity index (χ4n) is 3.24. The molecule has 0 unspecified atom stereocenters. The molecule has 8 nitrogen and oxygen atoms in total. The summed E-state index contributed by atoms with van der Waals surface area (Å²) in [5, 5.41) is 6.37. The van der Waals surface area contributed by atoms with Gasteiger partial charge in [0.05, 0.1) is 34.1 Å². The SMILES string of the molecule is CCOC(=O)c1c(NC(=O)c2ccc(C(=O)Nc3sc(C)c(C)c3C(=O)OCC)s2)sc(C)c1C. The first-order valence-electron chi connectivity index (χ1n) is 10.9. The van der Waals surface area contributed by atoms with E-state index in [4.69, 9.17) is 9.47 Å². The molecule has 0 radical (unpaired) electrons. The normalized spacial score (nSPS) is 10.7. The minimum absolute atomic E-state index is 0.227. The molecule has 0 aliphatic rings. The van der Waals surface area contributed by atoms with Crippen molar-refractivity contribution in [3.63, 3.8) is 0 Å². The van der Waals surface area contributed by atoms with E-state index >= 15 is 0 Å². The zero-order valence-electron chi connectivity index (χ0n) is 20.2. The van der Waals surface area contributed by atoms with Gasteiger partial charge in [-0.05, 0) is 64.8 Å². The maximum Gasteiger partial charge on any atom is 0.341 e. The van der Waals surface area contributed by atoms with E-state index < -0.39 is 23.8 Å². The summed E-state index contributed by atoms with van der Waals surface area (Å²) in [5.74, 6) is -1.85. The molecule has 0 aromatic carbocycles. The Morgan fingerprint density at radius 3 is 1.40 bits per heavy atom. The van der Waals surface area contributed by atoms with Crippen LogP contribution in [-0.2, 0) is 9.47 Å². The van der Waals surface area contributed by atoms with Gasteiger partial charge in [-0.25, -0.2) is 9.59 Å². The first-order valence-corrected chi connectivity index (χ1v) is 13.3. The van der Waals surface area contributed by atoms with Crippen molar-refractivity contribution >= 4 is 67.8 Å². The van der Waals surface area contributed by atoms with Crippen LogP contribution in [0.1, 0.15) is 74.8 Å². The van der Waals surface area contributed by atoms with Gasteiger partial charge in [0.25, 0.3) is 11.8 Å². The lowest BCUT2D eigenvalue weighted by molar-refractivity contribution is 0.0517. The summed E-state index contributed by atoms with van der Waals surface area (Å²) in [5.41, 5.74) is 2.20. The van der Waals surface area contributed by atoms with Gasteiger partial charge >= 0.3 is 11.9 Å². The van der Waals surface area contributed by atoms with Gasteiger partial charge in [-0.1, -0.05) is 0 Å². The van der Waals surface area contributed by atoms with E-state index in [-0.39, 0.29) is 13.2 Å². The predicted octanol–water partition coefficient (Wildman–Crippen LogP) is 5.96. The number of esters is 2. The van der Waals surface area contributed by atoms with Gasteiger partial charge in [-0.2, -0.15) is 0 Å². The highest BCUT2D eigenvalue weighted by atomic mass is 32.1. The summed E-state index contributed by atoms with van der Waals surface area (Å²) in [6, 6.07) is 3.09. The second kappa shape index (κ2) is 11.1. The molecule has 3 rings (SSSR count). The molecule has 3 aromatic rings. The third-order valence-corrected chi connectivity index (χ3v) is 8.57. The van der Waals surface area contributed by atoms with Gasteiger partial charge in [0.15, 0.2) is 0 Å². The lowest BCUT2D eigenvalue weighted by Gasteiger charge is -2.07. The van der Waals surface area contributed by atoms with Crippen LogP contribution in [0.25, 0.3) is 0 Å². The standard InChI is InChI=1S/C24H26N2O6S3/c1-7-31-23(29)17-11(3)13(5)33-21(17)25-19(27)15-9-10-16(35-15)20(28)26-22-18(24(30)32-8-2)12(4)14(6)34-22/h9-10H,7-8H2,1-6H3,(H,25,27)(H,26,28). The summed E-state index contributed by atoms with van der Waals surface area (Å²) in [7, 11) is 0. The molecule has 0 atom stereocenters. The molecule has 0 bridgehead atoms. The van der Waals surface area contributed by atoms with Crippen LogP contribution in [-0.4, -0.2) is 37.0 Å². The summed E-state index contributed by atoms with van der Waals surface area (Å²) >= 11 is 3.60. The summed E-state index contributed by atoms with van der Waals surface area (Å²) < 4.78 is 10.3. The van der Waals surface area contributed by atoms with Gasteiger partial charge in [0.1, 0.15) is 10.0 Å². The van der Waals surface area contributed by atoms with Crippen LogP contribution in [0.3, 0.4) is 0 Å². The van der Waals surface area contributed by atoms with Crippen LogP contribution >= 0.6 is 34.0 Å². The van der Waals surface area contributed by atoms with Crippen LogP contribution in [0, 0.1) is 27.7 Å². The number of aryl methyl sites for hydroxylation is 2. The lowest BCUT2D eigenvalue weighted by Crippen LogP contribution is -2.14. The molecule has 0 aliphatic carbocycles. The number of carbonyl (C=O) groups is 4. The Kier molecular flexibility index (Phi) is 8.47. The van der Waals surface area contributed by atoms with Gasteiger partial charge < -0.3 is 20.1 Å². The lowest BCUT2D eigenvalue weighted by atomic mass is 10.1. The summed E-state index contributed by atoms with van der Waals surface area (Å²) in [6.45, 7) is 11.2. The van der Waals surface area contributed by atoms with Crippen molar-refractivity contribution in [1.82, 2.24) is 0 Å². The van der Waals surface area contributed by atoms with Gasteiger partial charge in [0.2, 0.25) is 0 Å². The fourth-order valence-corrected chi connectivity index (χ4v) is 6.12. The fraction of sp³-hybridized carbons (Fsp3) is 0.333. The van der Waals surface area contributed by atoms with Crippen molar-refractivity contribution in [3.8, 4) is 0 Å². The topological polar surface area (TPSA) is 111 Å². The number of hydrogen-bond donors (Lipinski definition) is 2. The second-order valence-corrected chi connectivity index (χ2v) is 11.0. The molecule has 186 valence electrons. The van der Waals surface area contributed by atoms with Crippen LogP contribution in [0.5, 0.6) is 0 Å². The van der Waals surface area contributed by atoms with Gasteiger partial charge in [0, 0.05) is 9.75 Å². The Labute approximate surface area is 215 Å². The Morgan fingerprint density at radius 2 is 1.06 bits per heavy atom. The number of thiophene rings is 3. The number of carbonyl (C=O) groups excluding carboxylic acids is 4. The minimum atomic E-state index is -0.491. The number of nitrogens with one attached hydrogen (secondary N) is 2. The summed E-state index contributed by atoms with van der Waals surface area (Å²) in [6.07, 6.45) is 0. The number of anilines is 2. The van der Waals surface area contributed by atoms with Crippen molar-refractivity contribution < 1.29 is 28.7 Å². The van der Waals surface area contributed by atoms with E-state index in [2.05, 4.69) is 10.6 Å². The highest BCUT2D eigenvalue weighted by Gasteiger charge is 2.25. The van der Waals surface area contributed by atoms with Crippen molar-refractivity contribution in [2.24, 2.45) is 0 Å². The molecule has 0 saturated carbocycles. The third-order valence-electron chi connectivity index (χ3n) is 5.24. The average molecular weight is 535 g/mol. The molecular formula is C24H26N2O6S3. The number of ether oxygens (including phenoxy) is 2. The van der Waals surface area contributed by atoms with E-state index in [0.29, 0.717) is 30.9 Å². The Hall–Kier alpha value is -3.02. The van der Waals surface area contributed by atoms with E-state index in [1.54, 1.807) is 39.8 Å². The second-order valence-electron chi connectivity index (χ2n) is 7.49. The van der Waals surface area contributed by atoms with Gasteiger partial charge in [-0.15, -0.1) is 34.0 Å². The molecular weight excluding hydrogens is 508 g/mol.